The van der Waals surface area contributed by atoms with Crippen LogP contribution in [0.15, 0.2) is 45.2 Å². The van der Waals surface area contributed by atoms with Crippen LogP contribution in [-0.2, 0) is 4.79 Å². The van der Waals surface area contributed by atoms with E-state index < -0.39 is 0 Å². The summed E-state index contributed by atoms with van der Waals surface area (Å²) in [7, 11) is 0. The minimum Gasteiger partial charge on any atom is -0.335 e. The highest BCUT2D eigenvalue weighted by atomic mass is 35.5. The van der Waals surface area contributed by atoms with Crippen molar-refractivity contribution in [2.75, 3.05) is 18.0 Å². The molecule has 1 amide bonds. The molecular weight excluding hydrogens is 368 g/mol. The van der Waals surface area contributed by atoms with Crippen LogP contribution in [0.1, 0.15) is 13.8 Å². The second-order valence-electron chi connectivity index (χ2n) is 4.91. The largest absolute Gasteiger partial charge is 0.335 e. The molecule has 120 valence electrons. The lowest BCUT2D eigenvalue weighted by Crippen LogP contribution is -2.27. The molecule has 2 aliphatic heterocycles. The van der Waals surface area contributed by atoms with E-state index in [9.17, 15) is 4.79 Å². The van der Waals surface area contributed by atoms with Crippen LogP contribution in [0.5, 0.6) is 0 Å². The van der Waals surface area contributed by atoms with E-state index in [0.29, 0.717) is 15.8 Å². The van der Waals surface area contributed by atoms with Gasteiger partial charge in [0.15, 0.2) is 0 Å². The summed E-state index contributed by atoms with van der Waals surface area (Å²) in [4.78, 5) is 17.9. The molecule has 2 heterocycles. The highest BCUT2D eigenvalue weighted by Crippen LogP contribution is 2.47. The molecule has 0 bridgehead atoms. The summed E-state index contributed by atoms with van der Waals surface area (Å²) in [6, 6.07) is 5.91. The molecule has 0 spiro atoms. The fraction of sp³-hybridized carbons (Fsp3) is 0.250. The summed E-state index contributed by atoms with van der Waals surface area (Å²) in [6.07, 6.45) is 3.86. The van der Waals surface area contributed by atoms with Gasteiger partial charge in [-0.2, -0.15) is 0 Å². The molecule has 1 aromatic carbocycles. The standard InChI is InChI=1S/C16H15ClN2OS3/c1-3-18-11-9-10(17)5-6-12(11)22-14(18)8-7-13-15(20)19(4-2)16(21)23-13/h5-9H,3-4H2,1-2H3. The zero-order valence-corrected chi connectivity index (χ0v) is 15.9. The van der Waals surface area contributed by atoms with E-state index in [0.717, 1.165) is 22.3 Å². The third-order valence-electron chi connectivity index (χ3n) is 3.58. The van der Waals surface area contributed by atoms with E-state index >= 15 is 0 Å². The molecule has 1 saturated heterocycles. The van der Waals surface area contributed by atoms with Crippen LogP contribution in [0.3, 0.4) is 0 Å². The number of carbonyl (C=O) groups is 1. The Morgan fingerprint density at radius 1 is 1.17 bits per heavy atom. The first-order chi connectivity index (χ1) is 11.0. The quantitative estimate of drug-likeness (QED) is 0.547. The van der Waals surface area contributed by atoms with Gasteiger partial charge in [0.25, 0.3) is 5.91 Å². The molecule has 1 aromatic rings. The topological polar surface area (TPSA) is 23.6 Å². The predicted molar refractivity (Wildman–Crippen MR) is 104 cm³/mol. The number of amides is 1. The first-order valence-electron chi connectivity index (χ1n) is 7.25. The summed E-state index contributed by atoms with van der Waals surface area (Å²) in [5, 5.41) is 1.82. The lowest BCUT2D eigenvalue weighted by molar-refractivity contribution is -0.122. The third-order valence-corrected chi connectivity index (χ3v) is 6.34. The van der Waals surface area contributed by atoms with Crippen molar-refractivity contribution in [2.45, 2.75) is 18.7 Å². The Kier molecular flexibility index (Phi) is 5.06. The fourth-order valence-electron chi connectivity index (χ4n) is 2.46. The van der Waals surface area contributed by atoms with E-state index in [-0.39, 0.29) is 5.91 Å². The van der Waals surface area contributed by atoms with Gasteiger partial charge in [-0.15, -0.1) is 0 Å². The van der Waals surface area contributed by atoms with Gasteiger partial charge in [0, 0.05) is 23.0 Å². The van der Waals surface area contributed by atoms with Crippen LogP contribution < -0.4 is 4.90 Å². The zero-order valence-electron chi connectivity index (χ0n) is 12.7. The lowest BCUT2D eigenvalue weighted by Gasteiger charge is -2.17. The average Bonchev–Trinajstić information content (AvgIpc) is 3.01. The number of hydrogen-bond acceptors (Lipinski definition) is 5. The molecule has 3 nitrogen and oxygen atoms in total. The molecule has 0 radical (unpaired) electrons. The summed E-state index contributed by atoms with van der Waals surface area (Å²) in [5.74, 6) is -0.00838. The number of nitrogens with zero attached hydrogens (tertiary/aromatic N) is 2. The van der Waals surface area contributed by atoms with Crippen molar-refractivity contribution < 1.29 is 4.79 Å². The van der Waals surface area contributed by atoms with Gasteiger partial charge in [0.2, 0.25) is 0 Å². The van der Waals surface area contributed by atoms with Crippen molar-refractivity contribution in [3.63, 3.8) is 0 Å². The van der Waals surface area contributed by atoms with E-state index in [1.807, 2.05) is 37.3 Å². The number of thiocarbonyl (C=S) groups is 1. The molecule has 3 rings (SSSR count). The third kappa shape index (κ3) is 3.18. The SMILES string of the molecule is CCN1C(=O)C(=CC=C2Sc3ccc(Cl)cc3N2CC)SC1=S. The van der Waals surface area contributed by atoms with Gasteiger partial charge in [0.1, 0.15) is 4.32 Å². The number of fused-ring (bicyclic) bond motifs is 1. The summed E-state index contributed by atoms with van der Waals surface area (Å²) >= 11 is 14.4. The van der Waals surface area contributed by atoms with Crippen molar-refractivity contribution in [3.8, 4) is 0 Å². The molecule has 0 aliphatic carbocycles. The number of hydrogen-bond donors (Lipinski definition) is 0. The van der Waals surface area contributed by atoms with Gasteiger partial charge in [0.05, 0.1) is 15.6 Å². The van der Waals surface area contributed by atoms with Crippen LogP contribution in [0.4, 0.5) is 5.69 Å². The van der Waals surface area contributed by atoms with Gasteiger partial charge in [-0.25, -0.2) is 0 Å². The Morgan fingerprint density at radius 3 is 2.57 bits per heavy atom. The lowest BCUT2D eigenvalue weighted by atomic mass is 10.3. The second kappa shape index (κ2) is 6.89. The second-order valence-corrected chi connectivity index (χ2v) is 8.09. The molecule has 23 heavy (non-hydrogen) atoms. The molecule has 0 aromatic heterocycles. The predicted octanol–water partition coefficient (Wildman–Crippen LogP) is 4.88. The molecule has 2 aliphatic rings. The normalized spacial score (nSPS) is 21.0. The van der Waals surface area contributed by atoms with E-state index in [1.54, 1.807) is 16.7 Å². The van der Waals surface area contributed by atoms with Crippen molar-refractivity contribution >= 4 is 63.3 Å². The summed E-state index contributed by atoms with van der Waals surface area (Å²) in [5.41, 5.74) is 1.12. The smallest absolute Gasteiger partial charge is 0.266 e. The first kappa shape index (κ1) is 16.9. The Hall–Kier alpha value is -0.950. The average molecular weight is 383 g/mol. The summed E-state index contributed by atoms with van der Waals surface area (Å²) < 4.78 is 0.628. The maximum absolute atomic E-state index is 12.2. The number of anilines is 1. The van der Waals surface area contributed by atoms with E-state index in [2.05, 4.69) is 11.8 Å². The number of benzene rings is 1. The minimum atomic E-state index is -0.00838. The Labute approximate surface area is 154 Å². The monoisotopic (exact) mass is 382 g/mol. The molecule has 0 N–H and O–H groups in total. The van der Waals surface area contributed by atoms with E-state index in [1.165, 1.54) is 16.7 Å². The number of carbonyl (C=O) groups excluding carboxylic acids is 1. The molecule has 0 unspecified atom stereocenters. The Bertz CT molecular complexity index is 745. The van der Waals surface area contributed by atoms with Gasteiger partial charge in [-0.1, -0.05) is 47.3 Å². The Balaban J connectivity index is 1.88. The minimum absolute atomic E-state index is 0.00838. The van der Waals surface area contributed by atoms with Crippen molar-refractivity contribution in [2.24, 2.45) is 0 Å². The van der Waals surface area contributed by atoms with Crippen LogP contribution in [0, 0.1) is 0 Å². The van der Waals surface area contributed by atoms with Crippen molar-refractivity contribution in [1.29, 1.82) is 0 Å². The van der Waals surface area contributed by atoms with Gasteiger partial charge in [-0.3, -0.25) is 9.69 Å². The zero-order chi connectivity index (χ0) is 16.6. The van der Waals surface area contributed by atoms with Crippen molar-refractivity contribution in [3.05, 3.63) is 45.3 Å². The Morgan fingerprint density at radius 2 is 1.91 bits per heavy atom. The van der Waals surface area contributed by atoms with Crippen LogP contribution in [-0.4, -0.2) is 28.2 Å². The van der Waals surface area contributed by atoms with Crippen molar-refractivity contribution in [1.82, 2.24) is 4.90 Å². The van der Waals surface area contributed by atoms with Gasteiger partial charge < -0.3 is 4.90 Å². The molecule has 7 heteroatoms. The number of allylic oxidation sites excluding steroid dienone is 2. The first-order valence-corrected chi connectivity index (χ1v) is 9.67. The number of halogens is 1. The highest BCUT2D eigenvalue weighted by Gasteiger charge is 2.30. The number of rotatable bonds is 3. The maximum atomic E-state index is 12.2. The van der Waals surface area contributed by atoms with Crippen LogP contribution in [0.2, 0.25) is 5.02 Å². The molecular formula is C16H15ClN2OS3. The maximum Gasteiger partial charge on any atom is 0.266 e. The number of thioether (sulfide) groups is 2. The summed E-state index contributed by atoms with van der Waals surface area (Å²) in [6.45, 7) is 5.48. The fourth-order valence-corrected chi connectivity index (χ4v) is 5.06. The highest BCUT2D eigenvalue weighted by molar-refractivity contribution is 8.26. The van der Waals surface area contributed by atoms with E-state index in [4.69, 9.17) is 23.8 Å². The number of likely N-dealkylation sites (N-methyl/N-ethyl adjacent to an activating group) is 1. The molecule has 1 fully saturated rings. The van der Waals surface area contributed by atoms with Crippen LogP contribution in [0.25, 0.3) is 0 Å². The van der Waals surface area contributed by atoms with Crippen LogP contribution >= 0.6 is 47.3 Å². The van der Waals surface area contributed by atoms with Gasteiger partial charge in [-0.05, 0) is 44.2 Å². The van der Waals surface area contributed by atoms with Gasteiger partial charge >= 0.3 is 0 Å². The molecule has 0 atom stereocenters. The molecule has 0 saturated carbocycles.